The molecule has 2 heteroatoms. The number of fused-ring (bicyclic) bond motifs is 2. The summed E-state index contributed by atoms with van der Waals surface area (Å²) in [6, 6.07) is 3.97. The number of nitrogens with zero attached hydrogens (tertiary/aromatic N) is 1. The summed E-state index contributed by atoms with van der Waals surface area (Å²) in [6.45, 7) is 0. The number of hydrogen-bond donors (Lipinski definition) is 1. The molecular weight excluding hydrogens is 186 g/mol. The van der Waals surface area contributed by atoms with Crippen LogP contribution >= 0.6 is 0 Å². The van der Waals surface area contributed by atoms with Gasteiger partial charge in [-0.3, -0.25) is 4.98 Å². The lowest BCUT2D eigenvalue weighted by atomic mass is 9.86. The molecule has 0 saturated heterocycles. The first kappa shape index (κ1) is 8.48. The highest BCUT2D eigenvalue weighted by Crippen LogP contribution is 2.27. The van der Waals surface area contributed by atoms with E-state index in [-0.39, 0.29) is 5.92 Å². The Bertz CT molecular complexity index is 581. The van der Waals surface area contributed by atoms with E-state index in [0.717, 1.165) is 22.6 Å². The number of aliphatic hydroxyl groups excluding tert-OH is 1. The Hall–Kier alpha value is -1.83. The Morgan fingerprint density at radius 1 is 1.40 bits per heavy atom. The zero-order valence-corrected chi connectivity index (χ0v) is 8.22. The third kappa shape index (κ3) is 1.22. The van der Waals surface area contributed by atoms with Gasteiger partial charge in [0.1, 0.15) is 5.76 Å². The monoisotopic (exact) mass is 197 g/mol. The molecule has 0 aliphatic heterocycles. The molecule has 2 nitrogen and oxygen atoms in total. The average Bonchev–Trinajstić information content (AvgIpc) is 2.29. The molecule has 2 aliphatic carbocycles. The van der Waals surface area contributed by atoms with E-state index in [9.17, 15) is 5.11 Å². The molecule has 1 atom stereocenters. The molecule has 0 aromatic carbocycles. The second-order valence-corrected chi connectivity index (χ2v) is 3.84. The first-order chi connectivity index (χ1) is 7.36. The minimum Gasteiger partial charge on any atom is -0.508 e. The van der Waals surface area contributed by atoms with Gasteiger partial charge < -0.3 is 5.11 Å². The molecule has 0 spiro atoms. The van der Waals surface area contributed by atoms with Crippen LogP contribution < -0.4 is 10.6 Å². The summed E-state index contributed by atoms with van der Waals surface area (Å²) in [5.74, 6) is 0.646. The van der Waals surface area contributed by atoms with Crippen LogP contribution in [0.3, 0.4) is 0 Å². The SMILES string of the molecule is OC1=CC=CC2CC=c3cccnc3=C12. The highest BCUT2D eigenvalue weighted by atomic mass is 16.3. The van der Waals surface area contributed by atoms with Crippen LogP contribution in [-0.2, 0) is 0 Å². The summed E-state index contributed by atoms with van der Waals surface area (Å²) in [5.41, 5.74) is 0.968. The zero-order chi connectivity index (χ0) is 10.3. The Kier molecular flexibility index (Phi) is 1.75. The maximum Gasteiger partial charge on any atom is 0.121 e. The van der Waals surface area contributed by atoms with E-state index in [1.54, 1.807) is 12.3 Å². The molecule has 15 heavy (non-hydrogen) atoms. The summed E-state index contributed by atoms with van der Waals surface area (Å²) in [5, 5.41) is 11.9. The molecule has 0 saturated carbocycles. The van der Waals surface area contributed by atoms with Crippen LogP contribution in [0.15, 0.2) is 42.3 Å². The van der Waals surface area contributed by atoms with Crippen LogP contribution in [0.2, 0.25) is 0 Å². The molecule has 0 fully saturated rings. The molecule has 1 N–H and O–H groups in total. The number of rotatable bonds is 0. The Balaban J connectivity index is 2.42. The second-order valence-electron chi connectivity index (χ2n) is 3.84. The van der Waals surface area contributed by atoms with Gasteiger partial charge in [-0.2, -0.15) is 0 Å². The zero-order valence-electron chi connectivity index (χ0n) is 8.22. The van der Waals surface area contributed by atoms with E-state index in [1.165, 1.54) is 0 Å². The summed E-state index contributed by atoms with van der Waals surface area (Å²) in [7, 11) is 0. The maximum absolute atomic E-state index is 9.87. The van der Waals surface area contributed by atoms with E-state index in [1.807, 2.05) is 18.2 Å². The predicted molar refractivity (Wildman–Crippen MR) is 59.3 cm³/mol. The van der Waals surface area contributed by atoms with Crippen LogP contribution in [-0.4, -0.2) is 10.1 Å². The number of aliphatic hydroxyl groups is 1. The van der Waals surface area contributed by atoms with Crippen LogP contribution in [0, 0.1) is 5.92 Å². The fraction of sp³-hybridized carbons (Fsp3) is 0.154. The standard InChI is InChI=1S/C13H11NO/c15-11-5-1-3-9-6-7-10-4-2-8-14-13(10)12(9)11/h1-5,7-9,15H,6H2. The molecule has 0 amide bonds. The first-order valence-corrected chi connectivity index (χ1v) is 5.09. The first-order valence-electron chi connectivity index (χ1n) is 5.09. The number of allylic oxidation sites excluding steroid dienone is 4. The van der Waals surface area contributed by atoms with Gasteiger partial charge in [-0.1, -0.05) is 24.3 Å². The molecule has 3 rings (SSSR count). The van der Waals surface area contributed by atoms with Gasteiger partial charge >= 0.3 is 0 Å². The lowest BCUT2D eigenvalue weighted by Crippen LogP contribution is -2.36. The minimum absolute atomic E-state index is 0.289. The van der Waals surface area contributed by atoms with Crippen molar-refractivity contribution in [1.82, 2.24) is 4.98 Å². The topological polar surface area (TPSA) is 33.1 Å². The van der Waals surface area contributed by atoms with Crippen LogP contribution in [0.25, 0.3) is 11.6 Å². The van der Waals surface area contributed by atoms with Crippen molar-refractivity contribution in [3.05, 3.63) is 52.9 Å². The second kappa shape index (κ2) is 3.09. The molecule has 74 valence electrons. The van der Waals surface area contributed by atoms with Gasteiger partial charge in [-0.15, -0.1) is 0 Å². The lowest BCUT2D eigenvalue weighted by molar-refractivity contribution is 0.427. The molecule has 1 aromatic heterocycles. The molecule has 1 unspecified atom stereocenters. The van der Waals surface area contributed by atoms with Crippen LogP contribution in [0.1, 0.15) is 6.42 Å². The largest absolute Gasteiger partial charge is 0.508 e. The maximum atomic E-state index is 9.87. The summed E-state index contributed by atoms with van der Waals surface area (Å²) in [6.07, 6.45) is 10.7. The van der Waals surface area contributed by atoms with Gasteiger partial charge in [-0.25, -0.2) is 0 Å². The normalized spacial score (nSPS) is 22.5. The van der Waals surface area contributed by atoms with Crippen molar-refractivity contribution in [2.45, 2.75) is 6.42 Å². The van der Waals surface area contributed by atoms with Gasteiger partial charge in [0.25, 0.3) is 0 Å². The van der Waals surface area contributed by atoms with Gasteiger partial charge in [0.2, 0.25) is 0 Å². The fourth-order valence-corrected chi connectivity index (χ4v) is 2.21. The highest BCUT2D eigenvalue weighted by molar-refractivity contribution is 5.69. The Labute approximate surface area is 87.6 Å². The van der Waals surface area contributed by atoms with Gasteiger partial charge in [0.05, 0.1) is 5.35 Å². The molecule has 0 radical (unpaired) electrons. The van der Waals surface area contributed by atoms with Crippen LogP contribution in [0.4, 0.5) is 0 Å². The predicted octanol–water partition coefficient (Wildman–Crippen LogP) is 1.04. The minimum atomic E-state index is 0.289. The fourth-order valence-electron chi connectivity index (χ4n) is 2.21. The molecule has 2 aliphatic rings. The molecule has 0 bridgehead atoms. The van der Waals surface area contributed by atoms with Gasteiger partial charge in [-0.05, 0) is 23.8 Å². The summed E-state index contributed by atoms with van der Waals surface area (Å²) < 4.78 is 0. The van der Waals surface area contributed by atoms with Crippen molar-refractivity contribution < 1.29 is 5.11 Å². The third-order valence-electron chi connectivity index (χ3n) is 2.93. The van der Waals surface area contributed by atoms with Gasteiger partial charge in [0.15, 0.2) is 0 Å². The average molecular weight is 197 g/mol. The van der Waals surface area contributed by atoms with Crippen LogP contribution in [0.5, 0.6) is 0 Å². The van der Waals surface area contributed by atoms with Crippen molar-refractivity contribution in [1.29, 1.82) is 0 Å². The van der Waals surface area contributed by atoms with E-state index in [2.05, 4.69) is 17.1 Å². The van der Waals surface area contributed by atoms with Crippen molar-refractivity contribution in [3.8, 4) is 0 Å². The third-order valence-corrected chi connectivity index (χ3v) is 2.93. The number of pyridine rings is 1. The quantitative estimate of drug-likeness (QED) is 0.674. The Morgan fingerprint density at radius 2 is 2.33 bits per heavy atom. The molecular formula is C13H11NO. The van der Waals surface area contributed by atoms with E-state index in [4.69, 9.17) is 0 Å². The smallest absolute Gasteiger partial charge is 0.121 e. The molecule has 1 heterocycles. The molecule has 1 aromatic rings. The number of hydrogen-bond acceptors (Lipinski definition) is 2. The van der Waals surface area contributed by atoms with E-state index < -0.39 is 0 Å². The summed E-state index contributed by atoms with van der Waals surface area (Å²) in [4.78, 5) is 4.35. The lowest BCUT2D eigenvalue weighted by Gasteiger charge is -2.20. The number of aromatic nitrogens is 1. The Morgan fingerprint density at radius 3 is 3.27 bits per heavy atom. The van der Waals surface area contributed by atoms with Crippen molar-refractivity contribution in [2.24, 2.45) is 5.92 Å². The van der Waals surface area contributed by atoms with Crippen molar-refractivity contribution >= 4 is 11.6 Å². The van der Waals surface area contributed by atoms with E-state index in [0.29, 0.717) is 5.76 Å². The van der Waals surface area contributed by atoms with Gasteiger partial charge in [0, 0.05) is 17.7 Å². The van der Waals surface area contributed by atoms with E-state index >= 15 is 0 Å². The summed E-state index contributed by atoms with van der Waals surface area (Å²) >= 11 is 0. The van der Waals surface area contributed by atoms with Crippen molar-refractivity contribution in [3.63, 3.8) is 0 Å². The van der Waals surface area contributed by atoms with Crippen molar-refractivity contribution in [2.75, 3.05) is 0 Å². The highest BCUT2D eigenvalue weighted by Gasteiger charge is 2.20.